The van der Waals surface area contributed by atoms with Crippen LogP contribution < -0.4 is 11.1 Å². The van der Waals surface area contributed by atoms with Crippen molar-refractivity contribution in [3.05, 3.63) is 0 Å². The van der Waals surface area contributed by atoms with Crippen molar-refractivity contribution in [3.8, 4) is 0 Å². The molecular weight excluding hydrogens is 193 g/mol. The average molecular weight is 205 g/mol. The van der Waals surface area contributed by atoms with Crippen LogP contribution in [0.4, 0.5) is 0 Å². The van der Waals surface area contributed by atoms with Gasteiger partial charge in [0.05, 0.1) is 0 Å². The molecule has 0 aromatic rings. The summed E-state index contributed by atoms with van der Waals surface area (Å²) in [4.78, 5) is 9.78. The third-order valence-electron chi connectivity index (χ3n) is 0.807. The van der Waals surface area contributed by atoms with Crippen LogP contribution in [0.3, 0.4) is 0 Å². The zero-order valence-corrected chi connectivity index (χ0v) is 8.52. The van der Waals surface area contributed by atoms with Crippen LogP contribution in [0.25, 0.3) is 0 Å². The first-order valence-corrected chi connectivity index (χ1v) is 2.72. The largest absolute Gasteiger partial charge is 0.536 e. The zero-order chi connectivity index (χ0) is 6.41. The van der Waals surface area contributed by atoms with Crippen molar-refractivity contribution >= 4 is 6.29 Å². The Hall–Kier alpha value is 0.694. The molecule has 1 unspecified atom stereocenters. The van der Waals surface area contributed by atoms with Gasteiger partial charge >= 0.3 is 0 Å². The Balaban J connectivity index is 0. The molecule has 0 aliphatic heterocycles. The molecule has 0 saturated heterocycles. The van der Waals surface area contributed by atoms with E-state index in [1.807, 2.05) is 6.92 Å². The first-order valence-electron chi connectivity index (χ1n) is 2.72. The number of hydrogen-bond donors (Lipinski definition) is 2. The van der Waals surface area contributed by atoms with Crippen LogP contribution in [0.5, 0.6) is 0 Å². The molecule has 0 aromatic heterocycles. The van der Waals surface area contributed by atoms with Gasteiger partial charge in [-0.15, -0.1) is 0 Å². The van der Waals surface area contributed by atoms with Gasteiger partial charge in [-0.05, 0) is 6.54 Å². The maximum Gasteiger partial charge on any atom is 0.0213 e. The molecule has 51 valence electrons. The summed E-state index contributed by atoms with van der Waals surface area (Å²) in [6, 6.07) is -0.213. The fraction of sp³-hybridized carbons (Fsp3) is 0.800. The molecule has 1 radical (unpaired) electrons. The summed E-state index contributed by atoms with van der Waals surface area (Å²) in [6.45, 7) is 3.51. The predicted molar refractivity (Wildman–Crippen MR) is 30.9 cm³/mol. The molecule has 4 N–H and O–H groups in total. The Morgan fingerprint density at radius 3 is 2.67 bits per heavy atom. The topological polar surface area (TPSA) is 56.7 Å². The van der Waals surface area contributed by atoms with Gasteiger partial charge in [-0.3, -0.25) is 0 Å². The van der Waals surface area contributed by atoms with E-state index in [1.165, 1.54) is 0 Å². The van der Waals surface area contributed by atoms with Gasteiger partial charge < -0.3 is 15.8 Å². The molecule has 0 aromatic carbocycles. The summed E-state index contributed by atoms with van der Waals surface area (Å²) in [5.41, 5.74) is 3.51. The summed E-state index contributed by atoms with van der Waals surface area (Å²) >= 11 is 0. The third kappa shape index (κ3) is 8.69. The standard InChI is InChI=1S/C5H11N2O.Y/c1-2-7-3-5(6)4-8;/h5,7H,2-3,6H2,1H3;/q-1;/p+1. The number of nitrogens with one attached hydrogen (secondary N) is 1. The zero-order valence-electron chi connectivity index (χ0n) is 5.68. The molecule has 0 aliphatic carbocycles. The number of quaternary nitrogens is 1. The molecule has 0 aliphatic rings. The molecule has 1 atom stereocenters. The summed E-state index contributed by atoms with van der Waals surface area (Å²) in [6.07, 6.45) is 1.78. The van der Waals surface area contributed by atoms with E-state index in [4.69, 9.17) is 0 Å². The molecule has 0 saturated carbocycles. The van der Waals surface area contributed by atoms with Gasteiger partial charge in [0.2, 0.25) is 0 Å². The Morgan fingerprint density at radius 1 is 1.78 bits per heavy atom. The monoisotopic (exact) mass is 205 g/mol. The van der Waals surface area contributed by atoms with E-state index in [2.05, 4.69) is 11.1 Å². The van der Waals surface area contributed by atoms with Crippen LogP contribution in [0.1, 0.15) is 6.92 Å². The van der Waals surface area contributed by atoms with E-state index in [-0.39, 0.29) is 38.8 Å². The molecule has 0 spiro atoms. The van der Waals surface area contributed by atoms with Gasteiger partial charge in [-0.1, -0.05) is 6.92 Å². The van der Waals surface area contributed by atoms with Gasteiger partial charge in [0.15, 0.2) is 0 Å². The second-order valence-corrected chi connectivity index (χ2v) is 1.62. The quantitative estimate of drug-likeness (QED) is 0.538. The second kappa shape index (κ2) is 8.69. The van der Waals surface area contributed by atoms with E-state index < -0.39 is 0 Å². The Bertz CT molecular complexity index is 70.0. The SMILES string of the molecule is CCNCC([NH3+])[C-]=O.[Y]. The minimum absolute atomic E-state index is 0. The minimum Gasteiger partial charge on any atom is -0.536 e. The van der Waals surface area contributed by atoms with Crippen molar-refractivity contribution in [2.24, 2.45) is 0 Å². The van der Waals surface area contributed by atoms with Gasteiger partial charge in [-0.25, -0.2) is 6.29 Å². The second-order valence-electron chi connectivity index (χ2n) is 1.62. The Kier molecular flexibility index (Phi) is 12.0. The van der Waals surface area contributed by atoms with E-state index in [0.29, 0.717) is 6.54 Å². The average Bonchev–Trinajstić information content (AvgIpc) is 1.83. The van der Waals surface area contributed by atoms with Gasteiger partial charge in [0, 0.05) is 45.3 Å². The molecule has 3 nitrogen and oxygen atoms in total. The van der Waals surface area contributed by atoms with Gasteiger partial charge in [0.1, 0.15) is 0 Å². The summed E-state index contributed by atoms with van der Waals surface area (Å²) in [5.74, 6) is 0. The van der Waals surface area contributed by atoms with Crippen molar-refractivity contribution in [2.45, 2.75) is 13.0 Å². The van der Waals surface area contributed by atoms with E-state index in [9.17, 15) is 4.79 Å². The van der Waals surface area contributed by atoms with Crippen molar-refractivity contribution in [1.29, 1.82) is 0 Å². The maximum absolute atomic E-state index is 9.78. The van der Waals surface area contributed by atoms with Crippen LogP contribution in [-0.2, 0) is 37.5 Å². The number of hydrogen-bond acceptors (Lipinski definition) is 2. The molecule has 0 heterocycles. The van der Waals surface area contributed by atoms with Crippen molar-refractivity contribution in [2.75, 3.05) is 13.1 Å². The van der Waals surface area contributed by atoms with Crippen LogP contribution >= 0.6 is 0 Å². The maximum atomic E-state index is 9.78. The van der Waals surface area contributed by atoms with Crippen molar-refractivity contribution in [3.63, 3.8) is 0 Å². The van der Waals surface area contributed by atoms with Crippen LogP contribution in [-0.4, -0.2) is 25.4 Å². The molecule has 4 heteroatoms. The Labute approximate surface area is 80.6 Å². The molecule has 9 heavy (non-hydrogen) atoms. The molecule has 0 rings (SSSR count). The van der Waals surface area contributed by atoms with Gasteiger partial charge in [0.25, 0.3) is 0 Å². The van der Waals surface area contributed by atoms with Crippen LogP contribution in [0.15, 0.2) is 0 Å². The van der Waals surface area contributed by atoms with E-state index >= 15 is 0 Å². The van der Waals surface area contributed by atoms with Crippen molar-refractivity contribution < 1.29 is 43.2 Å². The number of carbonyl (C=O) groups excluding carboxylic acids is 1. The normalized spacial score (nSPS) is 11.8. The number of likely N-dealkylation sites (N-methyl/N-ethyl adjacent to an activating group) is 1. The number of rotatable bonds is 4. The van der Waals surface area contributed by atoms with Crippen LogP contribution in [0, 0.1) is 0 Å². The van der Waals surface area contributed by atoms with E-state index in [0.717, 1.165) is 6.54 Å². The summed E-state index contributed by atoms with van der Waals surface area (Å²) < 4.78 is 0. The minimum atomic E-state index is -0.213. The fourth-order valence-electron chi connectivity index (χ4n) is 0.360. The van der Waals surface area contributed by atoms with Crippen molar-refractivity contribution in [1.82, 2.24) is 5.32 Å². The van der Waals surface area contributed by atoms with Crippen LogP contribution in [0.2, 0.25) is 0 Å². The summed E-state index contributed by atoms with van der Waals surface area (Å²) in [5, 5.41) is 2.97. The molecule has 0 amide bonds. The third-order valence-corrected chi connectivity index (χ3v) is 0.807. The first kappa shape index (κ1) is 12.4. The fourth-order valence-corrected chi connectivity index (χ4v) is 0.360. The predicted octanol–water partition coefficient (Wildman–Crippen LogP) is -1.69. The Morgan fingerprint density at radius 2 is 2.33 bits per heavy atom. The first-order chi connectivity index (χ1) is 3.81. The summed E-state index contributed by atoms with van der Waals surface area (Å²) in [7, 11) is 0. The molecule has 0 bridgehead atoms. The van der Waals surface area contributed by atoms with Gasteiger partial charge in [-0.2, -0.15) is 0 Å². The molecular formula is C5H12N2OY. The smallest absolute Gasteiger partial charge is 0.0213 e. The van der Waals surface area contributed by atoms with E-state index in [1.54, 1.807) is 6.29 Å². The molecule has 0 fully saturated rings.